The van der Waals surface area contributed by atoms with Gasteiger partial charge in [0.25, 0.3) is 12.3 Å². The third kappa shape index (κ3) is 4.49. The van der Waals surface area contributed by atoms with Gasteiger partial charge in [-0.25, -0.2) is 13.8 Å². The van der Waals surface area contributed by atoms with Crippen molar-refractivity contribution in [3.05, 3.63) is 11.1 Å². The topological polar surface area (TPSA) is 77.2 Å². The van der Waals surface area contributed by atoms with Crippen LogP contribution in [0, 0.1) is 0 Å². The Morgan fingerprint density at radius 1 is 1.69 bits per heavy atom. The molecule has 0 spiro atoms. The fourth-order valence-electron chi connectivity index (χ4n) is 0.892. The van der Waals surface area contributed by atoms with Crippen LogP contribution >= 0.6 is 11.3 Å². The van der Waals surface area contributed by atoms with E-state index in [9.17, 15) is 13.6 Å². The van der Waals surface area contributed by atoms with E-state index in [-0.39, 0.29) is 18.8 Å². The summed E-state index contributed by atoms with van der Waals surface area (Å²) >= 11 is 1.16. The van der Waals surface area contributed by atoms with Gasteiger partial charge in [-0.1, -0.05) is 0 Å². The number of anilines is 1. The zero-order valence-electron chi connectivity index (χ0n) is 8.28. The minimum Gasteiger partial charge on any atom is -0.375 e. The van der Waals surface area contributed by atoms with Gasteiger partial charge in [0.05, 0.1) is 6.61 Å². The monoisotopic (exact) mass is 251 g/mol. The van der Waals surface area contributed by atoms with E-state index in [1.54, 1.807) is 0 Å². The molecule has 1 aromatic heterocycles. The van der Waals surface area contributed by atoms with E-state index < -0.39 is 18.9 Å². The van der Waals surface area contributed by atoms with Crippen LogP contribution in [-0.2, 0) is 4.74 Å². The molecule has 8 heteroatoms. The molecule has 0 saturated heterocycles. The number of nitrogens with one attached hydrogen (secondary N) is 1. The maximum absolute atomic E-state index is 11.7. The molecule has 1 heterocycles. The Labute approximate surface area is 94.6 Å². The van der Waals surface area contributed by atoms with Gasteiger partial charge in [-0.3, -0.25) is 4.79 Å². The van der Waals surface area contributed by atoms with E-state index in [0.29, 0.717) is 5.13 Å². The number of nitrogens with two attached hydrogens (primary N) is 1. The molecule has 0 aliphatic heterocycles. The average molecular weight is 251 g/mol. The Balaban J connectivity index is 2.16. The van der Waals surface area contributed by atoms with Crippen LogP contribution in [0.4, 0.5) is 13.9 Å². The smallest absolute Gasteiger partial charge is 0.270 e. The molecule has 90 valence electrons. The number of thiazole rings is 1. The first kappa shape index (κ1) is 12.8. The predicted octanol–water partition coefficient (Wildman–Crippen LogP) is 0.737. The summed E-state index contributed by atoms with van der Waals surface area (Å²) < 4.78 is 27.9. The summed E-state index contributed by atoms with van der Waals surface area (Å²) in [7, 11) is 0. The van der Waals surface area contributed by atoms with Crippen molar-refractivity contribution in [3.63, 3.8) is 0 Å². The molecule has 1 aromatic rings. The second-order valence-electron chi connectivity index (χ2n) is 2.79. The molecule has 5 nitrogen and oxygen atoms in total. The molecule has 1 amide bonds. The third-order valence-electron chi connectivity index (χ3n) is 1.53. The number of alkyl halides is 2. The lowest BCUT2D eigenvalue weighted by Crippen LogP contribution is -2.28. The fourth-order valence-corrected chi connectivity index (χ4v) is 1.43. The Hall–Kier alpha value is -1.28. The largest absolute Gasteiger partial charge is 0.375 e. The molecule has 0 aliphatic rings. The lowest BCUT2D eigenvalue weighted by atomic mass is 10.4. The van der Waals surface area contributed by atoms with Crippen molar-refractivity contribution >= 4 is 22.4 Å². The number of carbonyl (C=O) groups is 1. The lowest BCUT2D eigenvalue weighted by Gasteiger charge is -2.04. The normalized spacial score (nSPS) is 10.7. The summed E-state index contributed by atoms with van der Waals surface area (Å²) in [5.74, 6) is -0.395. The van der Waals surface area contributed by atoms with E-state index >= 15 is 0 Å². The van der Waals surface area contributed by atoms with Gasteiger partial charge in [0, 0.05) is 11.9 Å². The van der Waals surface area contributed by atoms with Gasteiger partial charge in [-0.05, 0) is 0 Å². The lowest BCUT2D eigenvalue weighted by molar-refractivity contribution is 0.0188. The number of amides is 1. The summed E-state index contributed by atoms with van der Waals surface area (Å²) in [5.41, 5.74) is 5.56. The Bertz CT molecular complexity index is 346. The van der Waals surface area contributed by atoms with Gasteiger partial charge >= 0.3 is 0 Å². The van der Waals surface area contributed by atoms with Gasteiger partial charge in [0.1, 0.15) is 12.3 Å². The highest BCUT2D eigenvalue weighted by atomic mass is 32.1. The molecule has 0 bridgehead atoms. The van der Waals surface area contributed by atoms with Gasteiger partial charge in [0.15, 0.2) is 5.13 Å². The number of nitrogens with zero attached hydrogens (tertiary/aromatic N) is 1. The van der Waals surface area contributed by atoms with Crippen LogP contribution < -0.4 is 11.1 Å². The number of hydrogen-bond donors (Lipinski definition) is 2. The van der Waals surface area contributed by atoms with Gasteiger partial charge in [-0.15, -0.1) is 11.3 Å². The van der Waals surface area contributed by atoms with Crippen LogP contribution in [0.2, 0.25) is 0 Å². The molecule has 0 fully saturated rings. The zero-order valence-corrected chi connectivity index (χ0v) is 9.10. The molecule has 16 heavy (non-hydrogen) atoms. The van der Waals surface area contributed by atoms with Gasteiger partial charge < -0.3 is 15.8 Å². The Morgan fingerprint density at radius 2 is 2.44 bits per heavy atom. The van der Waals surface area contributed by atoms with Crippen LogP contribution in [0.1, 0.15) is 10.5 Å². The Morgan fingerprint density at radius 3 is 3.00 bits per heavy atom. The number of ether oxygens (including phenoxy) is 1. The summed E-state index contributed by atoms with van der Waals surface area (Å²) in [6.07, 6.45) is -2.49. The predicted molar refractivity (Wildman–Crippen MR) is 55.7 cm³/mol. The maximum atomic E-state index is 11.7. The molecule has 3 N–H and O–H groups in total. The average Bonchev–Trinajstić information content (AvgIpc) is 2.63. The molecule has 0 aliphatic carbocycles. The van der Waals surface area contributed by atoms with Gasteiger partial charge in [-0.2, -0.15) is 0 Å². The molecular weight excluding hydrogens is 240 g/mol. The minimum absolute atomic E-state index is 0.0374. The number of aromatic nitrogens is 1. The molecule has 0 saturated carbocycles. The van der Waals surface area contributed by atoms with Gasteiger partial charge in [0.2, 0.25) is 0 Å². The van der Waals surface area contributed by atoms with Crippen molar-refractivity contribution in [3.8, 4) is 0 Å². The first-order chi connectivity index (χ1) is 7.59. The summed E-state index contributed by atoms with van der Waals surface area (Å²) in [6.45, 7) is -0.432. The fraction of sp³-hybridized carbons (Fsp3) is 0.500. The van der Waals surface area contributed by atoms with Crippen LogP contribution in [0.25, 0.3) is 0 Å². The molecule has 1 rings (SSSR count). The third-order valence-corrected chi connectivity index (χ3v) is 2.20. The number of halogens is 2. The van der Waals surface area contributed by atoms with E-state index in [0.717, 1.165) is 11.3 Å². The molecular formula is C8H11F2N3O2S. The van der Waals surface area contributed by atoms with E-state index in [1.807, 2.05) is 0 Å². The summed E-state index contributed by atoms with van der Waals surface area (Å²) in [6, 6.07) is 0. The molecule has 0 unspecified atom stereocenters. The second-order valence-corrected chi connectivity index (χ2v) is 3.68. The second kappa shape index (κ2) is 6.33. The van der Waals surface area contributed by atoms with Crippen molar-refractivity contribution in [1.82, 2.24) is 10.3 Å². The molecule has 0 atom stereocenters. The standard InChI is InChI=1S/C8H11F2N3O2S/c9-6(10)3-15-2-1-12-7(14)5-4-16-8(11)13-5/h4,6H,1-3H2,(H2,11,13)(H,12,14). The van der Waals surface area contributed by atoms with Crippen molar-refractivity contribution < 1.29 is 18.3 Å². The van der Waals surface area contributed by atoms with Crippen molar-refractivity contribution in [2.75, 3.05) is 25.5 Å². The summed E-state index contributed by atoms with van der Waals surface area (Å²) in [4.78, 5) is 15.1. The van der Waals surface area contributed by atoms with E-state index in [1.165, 1.54) is 5.38 Å². The first-order valence-corrected chi connectivity index (χ1v) is 5.32. The van der Waals surface area contributed by atoms with E-state index in [4.69, 9.17) is 5.73 Å². The molecule has 0 radical (unpaired) electrons. The van der Waals surface area contributed by atoms with Crippen LogP contribution in [0.5, 0.6) is 0 Å². The highest BCUT2D eigenvalue weighted by Gasteiger charge is 2.08. The van der Waals surface area contributed by atoms with Crippen molar-refractivity contribution in [1.29, 1.82) is 0 Å². The summed E-state index contributed by atoms with van der Waals surface area (Å²) in [5, 5.41) is 4.29. The number of hydrogen-bond acceptors (Lipinski definition) is 5. The highest BCUT2D eigenvalue weighted by Crippen LogP contribution is 2.10. The van der Waals surface area contributed by atoms with Crippen LogP contribution in [0.15, 0.2) is 5.38 Å². The minimum atomic E-state index is -2.49. The SMILES string of the molecule is Nc1nc(C(=O)NCCOCC(F)F)cs1. The number of rotatable bonds is 6. The maximum Gasteiger partial charge on any atom is 0.270 e. The van der Waals surface area contributed by atoms with E-state index in [2.05, 4.69) is 15.0 Å². The quantitative estimate of drug-likeness (QED) is 0.731. The number of nitrogen functional groups attached to an aromatic ring is 1. The van der Waals surface area contributed by atoms with Crippen LogP contribution in [-0.4, -0.2) is 37.1 Å². The number of carbonyl (C=O) groups excluding carboxylic acids is 1. The first-order valence-electron chi connectivity index (χ1n) is 4.44. The van der Waals surface area contributed by atoms with Crippen molar-refractivity contribution in [2.45, 2.75) is 6.43 Å². The Kier molecular flexibility index (Phi) is 5.06. The van der Waals surface area contributed by atoms with Crippen LogP contribution in [0.3, 0.4) is 0 Å². The van der Waals surface area contributed by atoms with Crippen molar-refractivity contribution in [2.24, 2.45) is 0 Å². The zero-order chi connectivity index (χ0) is 12.0. The molecule has 0 aromatic carbocycles. The highest BCUT2D eigenvalue weighted by molar-refractivity contribution is 7.13.